The molecule has 1 heterocycles. The van der Waals surface area contributed by atoms with Crippen LogP contribution in [-0.4, -0.2) is 48.7 Å². The predicted molar refractivity (Wildman–Crippen MR) is 132 cm³/mol. The van der Waals surface area contributed by atoms with E-state index in [0.717, 1.165) is 46.6 Å². The number of nitro benzene ring substituents is 2. The summed E-state index contributed by atoms with van der Waals surface area (Å²) in [5, 5.41) is 28.8. The van der Waals surface area contributed by atoms with Crippen molar-refractivity contribution in [3.05, 3.63) is 86.5 Å². The number of nitrogens with zero attached hydrogens (tertiary/aromatic N) is 5. The number of hydrazine groups is 2. The van der Waals surface area contributed by atoms with E-state index in [0.29, 0.717) is 6.07 Å². The van der Waals surface area contributed by atoms with Crippen LogP contribution in [0.1, 0.15) is 5.56 Å². The standard InChI is InChI=1S/C20H16N6O11S2.Na/c1-37-18-10-14(26(29)30)6-9-17(18)24-22-20(21-23(24)12-2-4-13(5-3-12)25(27)28)16-8-7-15(38(31,32)33)11-19(16)39(34,35)36;/h2-11H,1H3,(H,21,22)(H,31,32,33)(H,34,35,36);/q;+1/p-1. The number of rotatable bonds is 8. The van der Waals surface area contributed by atoms with Crippen molar-refractivity contribution in [2.75, 3.05) is 17.3 Å². The smallest absolute Gasteiger partial charge is 0.744 e. The van der Waals surface area contributed by atoms with Crippen LogP contribution in [0, 0.1) is 20.2 Å². The van der Waals surface area contributed by atoms with Crippen molar-refractivity contribution in [2.45, 2.75) is 9.79 Å². The Kier molecular flexibility index (Phi) is 8.69. The van der Waals surface area contributed by atoms with Gasteiger partial charge in [-0.15, -0.1) is 5.10 Å². The Labute approximate surface area is 247 Å². The van der Waals surface area contributed by atoms with Gasteiger partial charge in [0, 0.05) is 23.8 Å². The number of methoxy groups -OCH3 is 1. The molecule has 204 valence electrons. The maximum absolute atomic E-state index is 12.0. The van der Waals surface area contributed by atoms with E-state index in [1.807, 2.05) is 0 Å². The number of benzene rings is 3. The van der Waals surface area contributed by atoms with Gasteiger partial charge < -0.3 is 9.29 Å². The fourth-order valence-electron chi connectivity index (χ4n) is 3.49. The minimum atomic E-state index is -5.32. The maximum Gasteiger partial charge on any atom is 1.00 e. The van der Waals surface area contributed by atoms with Crippen molar-refractivity contribution >= 4 is 48.8 Å². The molecule has 0 amide bonds. The molecule has 20 heteroatoms. The monoisotopic (exact) mass is 602 g/mol. The van der Waals surface area contributed by atoms with Crippen molar-refractivity contribution in [2.24, 2.45) is 5.10 Å². The van der Waals surface area contributed by atoms with Crippen LogP contribution in [0.2, 0.25) is 0 Å². The van der Waals surface area contributed by atoms with Gasteiger partial charge in [-0.25, -0.2) is 8.42 Å². The van der Waals surface area contributed by atoms with Crippen molar-refractivity contribution < 1.29 is 70.1 Å². The number of anilines is 2. The van der Waals surface area contributed by atoms with Gasteiger partial charge in [0.25, 0.3) is 21.5 Å². The number of hydrogen-bond acceptors (Lipinski definition) is 14. The van der Waals surface area contributed by atoms with E-state index in [2.05, 4.69) is 10.5 Å². The van der Waals surface area contributed by atoms with E-state index in [-0.39, 0.29) is 63.9 Å². The summed E-state index contributed by atoms with van der Waals surface area (Å²) in [6.07, 6.45) is 0. The van der Waals surface area contributed by atoms with Crippen molar-refractivity contribution in [1.29, 1.82) is 0 Å². The number of ether oxygens (including phenoxy) is 1. The number of nitrogens with one attached hydrogen (secondary N) is 1. The number of hydrazone groups is 1. The van der Waals surface area contributed by atoms with Gasteiger partial charge in [0.1, 0.15) is 15.8 Å². The molecule has 0 saturated heterocycles. The Morgan fingerprint density at radius 1 is 0.925 bits per heavy atom. The Hall–Kier alpha value is -3.85. The fourth-order valence-corrected chi connectivity index (χ4v) is 4.77. The fraction of sp³-hybridized carbons (Fsp3) is 0.0500. The molecule has 2 N–H and O–H groups in total. The quantitative estimate of drug-likeness (QED) is 0.133. The molecule has 0 bridgehead atoms. The van der Waals surface area contributed by atoms with Gasteiger partial charge >= 0.3 is 29.6 Å². The molecule has 17 nitrogen and oxygen atoms in total. The summed E-state index contributed by atoms with van der Waals surface area (Å²) < 4.78 is 73.6. The molecule has 0 unspecified atom stereocenters. The minimum absolute atomic E-state index is 0. The first-order valence-corrected chi connectivity index (χ1v) is 13.2. The largest absolute Gasteiger partial charge is 1.00 e. The predicted octanol–water partition coefficient (Wildman–Crippen LogP) is -1.23. The summed E-state index contributed by atoms with van der Waals surface area (Å²) in [4.78, 5) is 19.1. The van der Waals surface area contributed by atoms with Crippen molar-refractivity contribution in [3.8, 4) is 5.75 Å². The molecule has 3 aromatic rings. The van der Waals surface area contributed by atoms with E-state index in [1.165, 1.54) is 25.3 Å². The SMILES string of the molecule is COc1cc([N+](=O)[O-])ccc1N1NC(c2ccc(S(=O)(=O)O)cc2S(=O)(=O)[O-])=NN1c1ccc([N+](=O)[O-])cc1.[Na+]. The van der Waals surface area contributed by atoms with Gasteiger partial charge in [0.05, 0.1) is 38.5 Å². The van der Waals surface area contributed by atoms with Crippen LogP contribution in [0.5, 0.6) is 5.75 Å². The Morgan fingerprint density at radius 3 is 2.05 bits per heavy atom. The van der Waals surface area contributed by atoms with Crippen molar-refractivity contribution in [1.82, 2.24) is 5.43 Å². The van der Waals surface area contributed by atoms with Crippen LogP contribution in [0.3, 0.4) is 0 Å². The van der Waals surface area contributed by atoms with E-state index in [4.69, 9.17) is 4.74 Å². The summed E-state index contributed by atoms with van der Waals surface area (Å²) in [6.45, 7) is 0. The summed E-state index contributed by atoms with van der Waals surface area (Å²) in [5.74, 6) is -0.358. The van der Waals surface area contributed by atoms with Crippen LogP contribution in [0.4, 0.5) is 22.7 Å². The number of nitro groups is 2. The number of non-ortho nitro benzene ring substituents is 2. The topological polar surface area (TPSA) is 238 Å². The normalized spacial score (nSPS) is 13.2. The van der Waals surface area contributed by atoms with Crippen LogP contribution < -0.4 is 50.0 Å². The molecule has 4 rings (SSSR count). The average Bonchev–Trinajstić information content (AvgIpc) is 3.32. The zero-order chi connectivity index (χ0) is 28.7. The first kappa shape index (κ1) is 30.7. The molecule has 0 spiro atoms. The van der Waals surface area contributed by atoms with Crippen LogP contribution in [-0.2, 0) is 20.2 Å². The van der Waals surface area contributed by atoms with Gasteiger partial charge in [0.15, 0.2) is 11.6 Å². The maximum atomic E-state index is 12.0. The second-order valence-electron chi connectivity index (χ2n) is 7.64. The summed E-state index contributed by atoms with van der Waals surface area (Å²) in [5.41, 5.74) is 2.01. The van der Waals surface area contributed by atoms with Gasteiger partial charge in [0.2, 0.25) is 0 Å². The molecular formula is C20H15N6NaO11S2. The van der Waals surface area contributed by atoms with E-state index >= 15 is 0 Å². The third kappa shape index (κ3) is 6.14. The molecular weight excluding hydrogens is 587 g/mol. The summed E-state index contributed by atoms with van der Waals surface area (Å²) >= 11 is 0. The van der Waals surface area contributed by atoms with Crippen molar-refractivity contribution in [3.63, 3.8) is 0 Å². The molecule has 0 radical (unpaired) electrons. The second-order valence-corrected chi connectivity index (χ2v) is 10.4. The zero-order valence-corrected chi connectivity index (χ0v) is 24.0. The third-order valence-corrected chi connectivity index (χ3v) is 6.99. The molecule has 1 aliphatic rings. The molecule has 0 aromatic heterocycles. The molecule has 1 aliphatic heterocycles. The molecule has 0 saturated carbocycles. The second kappa shape index (κ2) is 11.3. The van der Waals surface area contributed by atoms with Gasteiger partial charge in [-0.1, -0.05) is 0 Å². The first-order valence-electron chi connectivity index (χ1n) is 10.3. The van der Waals surface area contributed by atoms with Crippen LogP contribution >= 0.6 is 0 Å². The van der Waals surface area contributed by atoms with Gasteiger partial charge in [-0.05, 0) is 36.4 Å². The molecule has 3 aromatic carbocycles. The van der Waals surface area contributed by atoms with Gasteiger partial charge in [-0.2, -0.15) is 18.7 Å². The van der Waals surface area contributed by atoms with E-state index in [1.54, 1.807) is 0 Å². The number of amidine groups is 1. The molecule has 40 heavy (non-hydrogen) atoms. The summed E-state index contributed by atoms with van der Waals surface area (Å²) in [7, 11) is -8.97. The average molecular weight is 602 g/mol. The van der Waals surface area contributed by atoms with Crippen LogP contribution in [0.25, 0.3) is 0 Å². The summed E-state index contributed by atoms with van der Waals surface area (Å²) in [6, 6.07) is 10.6. The van der Waals surface area contributed by atoms with E-state index < -0.39 is 45.4 Å². The Balaban J connectivity index is 0.00000441. The minimum Gasteiger partial charge on any atom is -0.744 e. The molecule has 0 aliphatic carbocycles. The molecule has 0 atom stereocenters. The Bertz CT molecular complexity index is 1750. The number of hydrogen-bond donors (Lipinski definition) is 2. The zero-order valence-electron chi connectivity index (χ0n) is 20.4. The third-order valence-electron chi connectivity index (χ3n) is 5.27. The van der Waals surface area contributed by atoms with E-state index in [9.17, 15) is 46.2 Å². The molecule has 0 fully saturated rings. The van der Waals surface area contributed by atoms with Crippen LogP contribution in [0.15, 0.2) is 75.6 Å². The first-order chi connectivity index (χ1) is 18.2. The Morgan fingerprint density at radius 2 is 1.52 bits per heavy atom. The van der Waals surface area contributed by atoms with Gasteiger partial charge in [-0.3, -0.25) is 30.2 Å².